The van der Waals surface area contributed by atoms with Crippen LogP contribution in [0.1, 0.15) is 22.8 Å². The van der Waals surface area contributed by atoms with Gasteiger partial charge in [0.25, 0.3) is 0 Å². The largest absolute Gasteiger partial charge is 0.386 e. The van der Waals surface area contributed by atoms with E-state index in [1.165, 1.54) is 22.7 Å². The van der Waals surface area contributed by atoms with Crippen LogP contribution < -0.4 is 4.72 Å². The average molecular weight is 317 g/mol. The van der Waals surface area contributed by atoms with Crippen LogP contribution in [-0.2, 0) is 16.4 Å². The molecule has 2 N–H and O–H groups in total. The van der Waals surface area contributed by atoms with Crippen molar-refractivity contribution >= 4 is 32.7 Å². The molecule has 2 rings (SSSR count). The van der Waals surface area contributed by atoms with E-state index in [4.69, 9.17) is 0 Å². The van der Waals surface area contributed by atoms with Gasteiger partial charge in [0, 0.05) is 16.3 Å². The smallest absolute Gasteiger partial charge is 0.250 e. The van der Waals surface area contributed by atoms with Gasteiger partial charge in [-0.3, -0.25) is 0 Å². The highest BCUT2D eigenvalue weighted by molar-refractivity contribution is 7.91. The minimum Gasteiger partial charge on any atom is -0.386 e. The number of thiophene rings is 2. The van der Waals surface area contributed by atoms with Crippen molar-refractivity contribution in [1.82, 2.24) is 4.72 Å². The summed E-state index contributed by atoms with van der Waals surface area (Å²) in [4.78, 5) is 1.78. The van der Waals surface area contributed by atoms with Crippen LogP contribution in [0.2, 0.25) is 0 Å². The Labute approximate surface area is 120 Å². The summed E-state index contributed by atoms with van der Waals surface area (Å²) in [6.45, 7) is 1.97. The monoisotopic (exact) mass is 317 g/mol. The standard InChI is InChI=1S/C12H15NO3S3/c1-2-9-5-6-12(18-9)19(15,16)13-8-10(14)11-4-3-7-17-11/h3-7,10,13-14H,2,8H2,1H3/t10-/m1/s1. The quantitative estimate of drug-likeness (QED) is 0.859. The van der Waals surface area contributed by atoms with Gasteiger partial charge in [-0.1, -0.05) is 13.0 Å². The molecule has 2 heterocycles. The van der Waals surface area contributed by atoms with Gasteiger partial charge in [-0.2, -0.15) is 0 Å². The Kier molecular flexibility index (Phi) is 4.75. The fraction of sp³-hybridized carbons (Fsp3) is 0.333. The lowest BCUT2D eigenvalue weighted by atomic mass is 10.3. The molecule has 0 aliphatic rings. The molecule has 0 bridgehead atoms. The van der Waals surface area contributed by atoms with Crippen LogP contribution in [0, 0.1) is 0 Å². The molecular weight excluding hydrogens is 302 g/mol. The van der Waals surface area contributed by atoms with Crippen LogP contribution >= 0.6 is 22.7 Å². The van der Waals surface area contributed by atoms with E-state index in [0.29, 0.717) is 4.21 Å². The number of aliphatic hydroxyl groups excluding tert-OH is 1. The third kappa shape index (κ3) is 3.64. The van der Waals surface area contributed by atoms with Crippen molar-refractivity contribution in [2.24, 2.45) is 0 Å². The van der Waals surface area contributed by atoms with Gasteiger partial charge in [0.05, 0.1) is 0 Å². The Hall–Kier alpha value is -0.730. The first-order valence-corrected chi connectivity index (χ1v) is 9.00. The molecule has 0 radical (unpaired) electrons. The Balaban J connectivity index is 2.01. The lowest BCUT2D eigenvalue weighted by molar-refractivity contribution is 0.186. The van der Waals surface area contributed by atoms with E-state index in [9.17, 15) is 13.5 Å². The molecule has 1 atom stereocenters. The first-order chi connectivity index (χ1) is 9.03. The summed E-state index contributed by atoms with van der Waals surface area (Å²) in [5, 5.41) is 11.7. The van der Waals surface area contributed by atoms with E-state index < -0.39 is 16.1 Å². The van der Waals surface area contributed by atoms with E-state index in [0.717, 1.165) is 16.2 Å². The van der Waals surface area contributed by atoms with E-state index in [-0.39, 0.29) is 6.54 Å². The van der Waals surface area contributed by atoms with Crippen molar-refractivity contribution < 1.29 is 13.5 Å². The van der Waals surface area contributed by atoms with Crippen molar-refractivity contribution in [1.29, 1.82) is 0 Å². The molecule has 4 nitrogen and oxygen atoms in total. The Morgan fingerprint density at radius 2 is 2.16 bits per heavy atom. The van der Waals surface area contributed by atoms with Crippen LogP contribution in [0.5, 0.6) is 0 Å². The number of aryl methyl sites for hydroxylation is 1. The zero-order chi connectivity index (χ0) is 13.9. The maximum absolute atomic E-state index is 12.0. The minimum absolute atomic E-state index is 0.0117. The van der Waals surface area contributed by atoms with Crippen LogP contribution in [0.15, 0.2) is 33.9 Å². The molecule has 0 aliphatic carbocycles. The van der Waals surface area contributed by atoms with Gasteiger partial charge >= 0.3 is 0 Å². The topological polar surface area (TPSA) is 66.4 Å². The molecule has 0 fully saturated rings. The normalized spacial score (nSPS) is 13.6. The van der Waals surface area contributed by atoms with Gasteiger partial charge in [-0.25, -0.2) is 13.1 Å². The summed E-state index contributed by atoms with van der Waals surface area (Å²) in [5.74, 6) is 0. The second-order valence-electron chi connectivity index (χ2n) is 3.96. The highest BCUT2D eigenvalue weighted by atomic mass is 32.2. The van der Waals surface area contributed by atoms with Crippen LogP contribution in [-0.4, -0.2) is 20.1 Å². The first-order valence-electron chi connectivity index (χ1n) is 5.83. The maximum Gasteiger partial charge on any atom is 0.250 e. The van der Waals surface area contributed by atoms with Crippen molar-refractivity contribution in [2.45, 2.75) is 23.7 Å². The van der Waals surface area contributed by atoms with E-state index in [1.807, 2.05) is 24.4 Å². The molecule has 104 valence electrons. The van der Waals surface area contributed by atoms with Gasteiger partial charge in [0.15, 0.2) is 0 Å². The highest BCUT2D eigenvalue weighted by Crippen LogP contribution is 2.23. The molecule has 0 amide bonds. The highest BCUT2D eigenvalue weighted by Gasteiger charge is 2.18. The third-order valence-corrected chi connectivity index (χ3v) is 6.71. The lowest BCUT2D eigenvalue weighted by Crippen LogP contribution is -2.27. The molecule has 0 saturated carbocycles. The van der Waals surface area contributed by atoms with Gasteiger partial charge in [0.1, 0.15) is 10.3 Å². The van der Waals surface area contributed by atoms with Crippen molar-refractivity contribution in [3.63, 3.8) is 0 Å². The SMILES string of the molecule is CCc1ccc(S(=O)(=O)NC[C@@H](O)c2cccs2)s1. The molecule has 2 aromatic rings. The van der Waals surface area contributed by atoms with E-state index in [1.54, 1.807) is 12.1 Å². The van der Waals surface area contributed by atoms with E-state index in [2.05, 4.69) is 4.72 Å². The maximum atomic E-state index is 12.0. The molecule has 0 aliphatic heterocycles. The summed E-state index contributed by atoms with van der Waals surface area (Å²) >= 11 is 2.66. The van der Waals surface area contributed by atoms with Crippen LogP contribution in [0.3, 0.4) is 0 Å². The molecule has 7 heteroatoms. The average Bonchev–Trinajstić information content (AvgIpc) is 3.06. The van der Waals surface area contributed by atoms with Crippen LogP contribution in [0.4, 0.5) is 0 Å². The third-order valence-electron chi connectivity index (χ3n) is 2.59. The summed E-state index contributed by atoms with van der Waals surface area (Å²) in [6, 6.07) is 7.02. The predicted octanol–water partition coefficient (Wildman–Crippen LogP) is 2.38. The minimum atomic E-state index is -3.52. The van der Waals surface area contributed by atoms with Crippen molar-refractivity contribution in [3.05, 3.63) is 39.4 Å². The number of nitrogens with one attached hydrogen (secondary N) is 1. The summed E-state index contributed by atoms with van der Waals surface area (Å²) in [5.41, 5.74) is 0. The molecule has 0 aromatic carbocycles. The van der Waals surface area contributed by atoms with Gasteiger partial charge < -0.3 is 5.11 Å². The van der Waals surface area contributed by atoms with Gasteiger partial charge in [-0.05, 0) is 30.0 Å². The fourth-order valence-corrected chi connectivity index (χ4v) is 4.62. The molecule has 0 saturated heterocycles. The van der Waals surface area contributed by atoms with Crippen LogP contribution in [0.25, 0.3) is 0 Å². The fourth-order valence-electron chi connectivity index (χ4n) is 1.53. The number of hydrogen-bond donors (Lipinski definition) is 2. The van der Waals surface area contributed by atoms with Gasteiger partial charge in [0.2, 0.25) is 10.0 Å². The van der Waals surface area contributed by atoms with E-state index >= 15 is 0 Å². The number of aliphatic hydroxyl groups is 1. The molecule has 19 heavy (non-hydrogen) atoms. The molecular formula is C12H15NO3S3. The first kappa shape index (κ1) is 14.7. The van der Waals surface area contributed by atoms with Crippen molar-refractivity contribution in [3.8, 4) is 0 Å². The number of sulfonamides is 1. The molecule has 0 spiro atoms. The Bertz CT molecular complexity index is 616. The second-order valence-corrected chi connectivity index (χ2v) is 8.10. The zero-order valence-electron chi connectivity index (χ0n) is 10.4. The lowest BCUT2D eigenvalue weighted by Gasteiger charge is -2.09. The number of hydrogen-bond acceptors (Lipinski definition) is 5. The van der Waals surface area contributed by atoms with Gasteiger partial charge in [-0.15, -0.1) is 22.7 Å². The zero-order valence-corrected chi connectivity index (χ0v) is 12.8. The Morgan fingerprint density at radius 3 is 2.74 bits per heavy atom. The molecule has 2 aromatic heterocycles. The second kappa shape index (κ2) is 6.15. The summed E-state index contributed by atoms with van der Waals surface area (Å²) in [6.07, 6.45) is 0.0123. The summed E-state index contributed by atoms with van der Waals surface area (Å²) in [7, 11) is -3.52. The van der Waals surface area contributed by atoms with Crippen molar-refractivity contribution in [2.75, 3.05) is 6.54 Å². The summed E-state index contributed by atoms with van der Waals surface area (Å²) < 4.78 is 26.8. The molecule has 0 unspecified atom stereocenters. The number of rotatable bonds is 6. The predicted molar refractivity (Wildman–Crippen MR) is 78.2 cm³/mol. The Morgan fingerprint density at radius 1 is 1.37 bits per heavy atom.